The van der Waals surface area contributed by atoms with Crippen LogP contribution in [-0.2, 0) is 35.2 Å². The lowest BCUT2D eigenvalue weighted by Gasteiger charge is -2.38. The number of hydrogen-bond acceptors (Lipinski definition) is 11. The van der Waals surface area contributed by atoms with Crippen LogP contribution >= 0.6 is 17.9 Å². The van der Waals surface area contributed by atoms with E-state index >= 15 is 0 Å². The van der Waals surface area contributed by atoms with Gasteiger partial charge in [0.2, 0.25) is 0 Å². The molecular formula is C47H70N2O11P2. The van der Waals surface area contributed by atoms with E-state index in [9.17, 15) is 20.4 Å². The molecule has 4 N–H and O–H groups in total. The Kier molecular flexibility index (Phi) is 15.8. The molecular weight excluding hydrogens is 830 g/mol. The SMILES string of the molecule is CCOC(O)c1c(C(O)OCC)c(C)n(POc2cc(C(C)(C)C)cc3c2Oc2c(OPn4c(C)c(C(O)OCC)c(C(O)OCC)c4C)cc(C(C)(C)C)cc2C3(C)C)c1C. The number of aromatic nitrogens is 2. The Hall–Kier alpha value is -3.06. The van der Waals surface area contributed by atoms with Crippen LogP contribution in [0, 0.1) is 27.7 Å². The predicted molar refractivity (Wildman–Crippen MR) is 245 cm³/mol. The van der Waals surface area contributed by atoms with Crippen molar-refractivity contribution in [1.29, 1.82) is 0 Å². The van der Waals surface area contributed by atoms with Crippen LogP contribution in [0.1, 0.15) is 176 Å². The fourth-order valence-corrected chi connectivity index (χ4v) is 9.76. The largest absolute Gasteiger partial charge is 0.451 e. The first-order valence-corrected chi connectivity index (χ1v) is 23.2. The highest BCUT2D eigenvalue weighted by Crippen LogP contribution is 2.58. The molecule has 62 heavy (non-hydrogen) atoms. The minimum absolute atomic E-state index is 0.242. The number of hydrogen-bond donors (Lipinski definition) is 4. The molecule has 0 aliphatic carbocycles. The molecule has 2 aromatic carbocycles. The summed E-state index contributed by atoms with van der Waals surface area (Å²) in [5, 5.41) is 44.4. The van der Waals surface area contributed by atoms with Crippen LogP contribution in [0.4, 0.5) is 0 Å². The van der Waals surface area contributed by atoms with Crippen LogP contribution in [0.3, 0.4) is 0 Å². The van der Waals surface area contributed by atoms with E-state index in [1.807, 2.05) is 48.5 Å². The maximum atomic E-state index is 11.1. The van der Waals surface area contributed by atoms with Crippen molar-refractivity contribution in [2.75, 3.05) is 26.4 Å². The van der Waals surface area contributed by atoms with E-state index in [0.29, 0.717) is 68.0 Å². The summed E-state index contributed by atoms with van der Waals surface area (Å²) in [6.45, 7) is 33.2. The van der Waals surface area contributed by atoms with Gasteiger partial charge < -0.3 is 53.2 Å². The van der Waals surface area contributed by atoms with Crippen LogP contribution in [0.5, 0.6) is 23.0 Å². The average molecular weight is 901 g/mol. The van der Waals surface area contributed by atoms with Crippen LogP contribution in [0.25, 0.3) is 0 Å². The van der Waals surface area contributed by atoms with Gasteiger partial charge in [0.15, 0.2) is 66.1 Å². The minimum Gasteiger partial charge on any atom is -0.451 e. The number of aliphatic hydroxyl groups is 4. The van der Waals surface area contributed by atoms with E-state index in [1.54, 1.807) is 27.7 Å². The molecule has 2 aromatic heterocycles. The zero-order chi connectivity index (χ0) is 46.2. The third-order valence-electron chi connectivity index (χ3n) is 11.7. The first-order chi connectivity index (χ1) is 29.0. The highest BCUT2D eigenvalue weighted by Gasteiger charge is 2.41. The van der Waals surface area contributed by atoms with Crippen LogP contribution in [-0.4, -0.2) is 55.5 Å². The summed E-state index contributed by atoms with van der Waals surface area (Å²) in [6.07, 6.45) is -5.09. The summed E-state index contributed by atoms with van der Waals surface area (Å²) in [6, 6.07) is 8.48. The van der Waals surface area contributed by atoms with E-state index in [4.69, 9.17) is 32.7 Å². The van der Waals surface area contributed by atoms with Gasteiger partial charge in [0.1, 0.15) is 0 Å². The van der Waals surface area contributed by atoms with Crippen molar-refractivity contribution in [2.24, 2.45) is 0 Å². The molecule has 0 bridgehead atoms. The molecule has 1 aliphatic rings. The summed E-state index contributed by atoms with van der Waals surface area (Å²) in [5.74, 6) is 2.18. The summed E-state index contributed by atoms with van der Waals surface area (Å²) in [7, 11) is -0.614. The molecule has 3 heterocycles. The Morgan fingerprint density at radius 1 is 0.532 bits per heavy atom. The second-order valence-corrected chi connectivity index (χ2v) is 19.9. The van der Waals surface area contributed by atoms with Crippen molar-refractivity contribution in [3.8, 4) is 23.0 Å². The van der Waals surface area contributed by atoms with Gasteiger partial charge in [-0.1, -0.05) is 67.5 Å². The molecule has 6 unspecified atom stereocenters. The predicted octanol–water partition coefficient (Wildman–Crippen LogP) is 10.5. The number of benzene rings is 2. The van der Waals surface area contributed by atoms with E-state index in [1.165, 1.54) is 0 Å². The second kappa shape index (κ2) is 19.6. The summed E-state index contributed by atoms with van der Waals surface area (Å²) in [5.41, 5.74) is 7.48. The molecule has 0 amide bonds. The van der Waals surface area contributed by atoms with Gasteiger partial charge in [0, 0.05) is 88.0 Å². The van der Waals surface area contributed by atoms with Crippen molar-refractivity contribution < 1.29 is 53.2 Å². The van der Waals surface area contributed by atoms with Crippen molar-refractivity contribution in [3.05, 3.63) is 91.5 Å². The molecule has 6 atom stereocenters. The first-order valence-electron chi connectivity index (χ1n) is 21.5. The molecule has 344 valence electrons. The normalized spacial score (nSPS) is 16.1. The van der Waals surface area contributed by atoms with Gasteiger partial charge in [-0.15, -0.1) is 0 Å². The Balaban J connectivity index is 1.66. The minimum atomic E-state index is -1.27. The molecule has 0 radical (unpaired) electrons. The number of aliphatic hydroxyl groups excluding tert-OH is 4. The molecule has 1 aliphatic heterocycles. The second-order valence-electron chi connectivity index (χ2n) is 18.2. The maximum absolute atomic E-state index is 11.1. The standard InChI is InChI=1S/C47H70N2O11P2/c1-17-54-41(50)35-25(5)48(26(6)36(35)42(51)55-18-2)61-59-33-23-29(45(9,10)11)21-31-39(33)58-40-32(47(31,15)16)22-30(46(12,13)14)24-34(40)60-62-49-27(7)37(43(52)56-19-3)38(28(49)8)44(53)57-20-4/h21-24,41-44,50-53,61-62H,17-20H2,1-16H3. The lowest BCUT2D eigenvalue weighted by Crippen LogP contribution is -2.27. The average Bonchev–Trinajstić information content (AvgIpc) is 3.58. The third kappa shape index (κ3) is 9.79. The monoisotopic (exact) mass is 900 g/mol. The zero-order valence-electron chi connectivity index (χ0n) is 39.5. The van der Waals surface area contributed by atoms with Crippen molar-refractivity contribution in [2.45, 2.75) is 152 Å². The summed E-state index contributed by atoms with van der Waals surface area (Å²) >= 11 is 0. The van der Waals surface area contributed by atoms with Gasteiger partial charge in [-0.05, 0) is 89.5 Å². The van der Waals surface area contributed by atoms with Crippen LogP contribution in [0.15, 0.2) is 24.3 Å². The van der Waals surface area contributed by atoms with Gasteiger partial charge in [0.25, 0.3) is 0 Å². The van der Waals surface area contributed by atoms with Crippen molar-refractivity contribution in [1.82, 2.24) is 8.68 Å². The smallest absolute Gasteiger partial charge is 0.183 e. The molecule has 15 heteroatoms. The fraction of sp³-hybridized carbons (Fsp3) is 0.574. The Morgan fingerprint density at radius 3 is 1.05 bits per heavy atom. The lowest BCUT2D eigenvalue weighted by atomic mass is 9.72. The number of nitrogens with zero attached hydrogens (tertiary/aromatic N) is 2. The maximum Gasteiger partial charge on any atom is 0.183 e. The van der Waals surface area contributed by atoms with Crippen LogP contribution < -0.4 is 13.8 Å². The number of fused-ring (bicyclic) bond motifs is 2. The van der Waals surface area contributed by atoms with Gasteiger partial charge in [0.05, 0.1) is 0 Å². The molecule has 4 aromatic rings. The molecule has 5 rings (SSSR count). The van der Waals surface area contributed by atoms with Gasteiger partial charge in [-0.3, -0.25) is 8.68 Å². The van der Waals surface area contributed by atoms with E-state index in [2.05, 4.69) is 67.5 Å². The summed E-state index contributed by atoms with van der Waals surface area (Å²) < 4.78 is 47.0. The van der Waals surface area contributed by atoms with E-state index in [0.717, 1.165) is 22.3 Å². The van der Waals surface area contributed by atoms with Crippen LogP contribution in [0.2, 0.25) is 0 Å². The van der Waals surface area contributed by atoms with Gasteiger partial charge in [-0.25, -0.2) is 0 Å². The van der Waals surface area contributed by atoms with Crippen molar-refractivity contribution >= 4 is 17.9 Å². The number of rotatable bonds is 18. The molecule has 0 spiro atoms. The molecule has 0 saturated carbocycles. The Labute approximate surface area is 371 Å². The Morgan fingerprint density at radius 2 is 0.806 bits per heavy atom. The molecule has 0 saturated heterocycles. The van der Waals surface area contributed by atoms with Crippen molar-refractivity contribution in [3.63, 3.8) is 0 Å². The lowest BCUT2D eigenvalue weighted by molar-refractivity contribution is -0.116. The van der Waals surface area contributed by atoms with E-state index < -0.39 is 30.6 Å². The highest BCUT2D eigenvalue weighted by atomic mass is 31.1. The topological polar surface area (TPSA) is 155 Å². The van der Waals surface area contributed by atoms with Gasteiger partial charge >= 0.3 is 0 Å². The van der Waals surface area contributed by atoms with Gasteiger partial charge in [-0.2, -0.15) is 0 Å². The Bertz CT molecular complexity index is 1990. The summed E-state index contributed by atoms with van der Waals surface area (Å²) in [4.78, 5) is 0. The highest BCUT2D eigenvalue weighted by molar-refractivity contribution is 7.31. The molecule has 13 nitrogen and oxygen atoms in total. The number of ether oxygens (including phenoxy) is 5. The fourth-order valence-electron chi connectivity index (χ4n) is 8.05. The zero-order valence-corrected chi connectivity index (χ0v) is 41.5. The third-order valence-corrected chi connectivity index (χ3v) is 14.0. The molecule has 0 fully saturated rings. The first kappa shape index (κ1) is 49.9. The quantitative estimate of drug-likeness (QED) is 0.0557. The van der Waals surface area contributed by atoms with E-state index in [-0.39, 0.29) is 55.2 Å².